The molecule has 0 atom stereocenters. The zero-order valence-corrected chi connectivity index (χ0v) is 6.73. The minimum atomic E-state index is -0.00509. The van der Waals surface area contributed by atoms with Crippen molar-refractivity contribution in [3.05, 3.63) is 9.88 Å². The molecular weight excluding hydrogens is 150 g/mol. The van der Waals surface area contributed by atoms with Crippen LogP contribution in [0.15, 0.2) is 0 Å². The van der Waals surface area contributed by atoms with E-state index in [-0.39, 0.29) is 6.61 Å². The zero-order valence-electron chi connectivity index (χ0n) is 5.92. The maximum atomic E-state index is 8.66. The minimum Gasteiger partial charge on any atom is -0.480 e. The molecule has 1 rings (SSSR count). The van der Waals surface area contributed by atoms with E-state index < -0.39 is 0 Å². The summed E-state index contributed by atoms with van der Waals surface area (Å²) < 4.78 is 4.92. The monoisotopic (exact) mass is 159 g/mol. The van der Waals surface area contributed by atoms with Crippen LogP contribution in [0.3, 0.4) is 0 Å². The van der Waals surface area contributed by atoms with Gasteiger partial charge in [0.15, 0.2) is 0 Å². The van der Waals surface area contributed by atoms with Crippen molar-refractivity contribution in [2.75, 3.05) is 7.11 Å². The van der Waals surface area contributed by atoms with E-state index in [1.807, 2.05) is 6.92 Å². The topological polar surface area (TPSA) is 42.4 Å². The second kappa shape index (κ2) is 2.98. The van der Waals surface area contributed by atoms with E-state index in [0.717, 1.165) is 4.88 Å². The molecule has 1 aromatic heterocycles. The van der Waals surface area contributed by atoms with Crippen molar-refractivity contribution in [1.82, 2.24) is 4.98 Å². The number of aryl methyl sites for hydroxylation is 1. The summed E-state index contributed by atoms with van der Waals surface area (Å²) in [6.45, 7) is 1.91. The Morgan fingerprint density at radius 1 is 1.70 bits per heavy atom. The highest BCUT2D eigenvalue weighted by atomic mass is 32.1. The van der Waals surface area contributed by atoms with Crippen LogP contribution in [0.5, 0.6) is 5.88 Å². The number of hydrogen-bond acceptors (Lipinski definition) is 4. The van der Waals surface area contributed by atoms with Gasteiger partial charge in [0.1, 0.15) is 5.01 Å². The molecule has 0 radical (unpaired) electrons. The molecule has 0 aliphatic rings. The molecule has 56 valence electrons. The van der Waals surface area contributed by atoms with E-state index in [1.54, 1.807) is 7.11 Å². The zero-order chi connectivity index (χ0) is 7.56. The van der Waals surface area contributed by atoms with Crippen molar-refractivity contribution < 1.29 is 9.84 Å². The Bertz CT molecular complexity index is 222. The van der Waals surface area contributed by atoms with Crippen LogP contribution < -0.4 is 4.74 Å². The maximum absolute atomic E-state index is 8.66. The Morgan fingerprint density at radius 3 is 2.70 bits per heavy atom. The molecule has 0 aliphatic heterocycles. The van der Waals surface area contributed by atoms with Crippen LogP contribution in [0, 0.1) is 6.92 Å². The largest absolute Gasteiger partial charge is 0.480 e. The Balaban J connectivity index is 2.92. The van der Waals surface area contributed by atoms with Crippen molar-refractivity contribution in [1.29, 1.82) is 0 Å². The number of aliphatic hydroxyl groups excluding tert-OH is 1. The van der Waals surface area contributed by atoms with Crippen molar-refractivity contribution in [2.45, 2.75) is 13.5 Å². The molecule has 10 heavy (non-hydrogen) atoms. The predicted molar refractivity (Wildman–Crippen MR) is 39.3 cm³/mol. The molecule has 1 heterocycles. The van der Waals surface area contributed by atoms with Gasteiger partial charge in [0, 0.05) is 0 Å². The fourth-order valence-electron chi connectivity index (χ4n) is 0.692. The SMILES string of the molecule is COc1nc(CO)sc1C. The summed E-state index contributed by atoms with van der Waals surface area (Å²) in [4.78, 5) is 5.00. The molecule has 0 aliphatic carbocycles. The molecule has 0 fully saturated rings. The molecule has 0 spiro atoms. The number of aliphatic hydroxyl groups is 1. The summed E-state index contributed by atoms with van der Waals surface area (Å²) in [5.74, 6) is 0.619. The second-order valence-electron chi connectivity index (χ2n) is 1.83. The molecule has 0 saturated heterocycles. The lowest BCUT2D eigenvalue weighted by atomic mass is 10.6. The number of aromatic nitrogens is 1. The summed E-state index contributed by atoms with van der Waals surface area (Å²) in [6, 6.07) is 0. The van der Waals surface area contributed by atoms with Crippen molar-refractivity contribution in [3.63, 3.8) is 0 Å². The first-order chi connectivity index (χ1) is 4.77. The molecule has 1 aromatic rings. The Morgan fingerprint density at radius 2 is 2.40 bits per heavy atom. The van der Waals surface area contributed by atoms with Crippen LogP contribution >= 0.6 is 11.3 Å². The average molecular weight is 159 g/mol. The highest BCUT2D eigenvalue weighted by Gasteiger charge is 2.04. The van der Waals surface area contributed by atoms with Gasteiger partial charge in [-0.3, -0.25) is 0 Å². The Labute approximate surface area is 63.3 Å². The van der Waals surface area contributed by atoms with E-state index in [9.17, 15) is 0 Å². The number of nitrogens with zero attached hydrogens (tertiary/aromatic N) is 1. The normalized spacial score (nSPS) is 9.90. The van der Waals surface area contributed by atoms with Gasteiger partial charge in [-0.15, -0.1) is 11.3 Å². The molecule has 0 bridgehead atoms. The molecule has 3 nitrogen and oxygen atoms in total. The minimum absolute atomic E-state index is 0.00509. The van der Waals surface area contributed by atoms with Gasteiger partial charge < -0.3 is 9.84 Å². The highest BCUT2D eigenvalue weighted by Crippen LogP contribution is 2.23. The van der Waals surface area contributed by atoms with Crippen molar-refractivity contribution in [3.8, 4) is 5.88 Å². The second-order valence-corrected chi connectivity index (χ2v) is 3.12. The lowest BCUT2D eigenvalue weighted by Gasteiger charge is -1.90. The lowest BCUT2D eigenvalue weighted by Crippen LogP contribution is -1.85. The van der Waals surface area contributed by atoms with Crippen molar-refractivity contribution in [2.24, 2.45) is 0 Å². The Kier molecular flexibility index (Phi) is 2.24. The fraction of sp³-hybridized carbons (Fsp3) is 0.500. The number of methoxy groups -OCH3 is 1. The van der Waals surface area contributed by atoms with Gasteiger partial charge in [-0.25, -0.2) is 4.98 Å². The summed E-state index contributed by atoms with van der Waals surface area (Å²) >= 11 is 1.45. The van der Waals surface area contributed by atoms with E-state index in [0.29, 0.717) is 10.9 Å². The smallest absolute Gasteiger partial charge is 0.227 e. The molecule has 0 aromatic carbocycles. The third-order valence-electron chi connectivity index (χ3n) is 1.13. The third kappa shape index (κ3) is 1.27. The van der Waals surface area contributed by atoms with Gasteiger partial charge in [0.2, 0.25) is 5.88 Å². The van der Waals surface area contributed by atoms with Gasteiger partial charge >= 0.3 is 0 Å². The number of hydrogen-bond donors (Lipinski definition) is 1. The molecule has 4 heteroatoms. The van der Waals surface area contributed by atoms with Crippen LogP contribution in [0.4, 0.5) is 0 Å². The van der Waals surface area contributed by atoms with Crippen LogP contribution in [-0.4, -0.2) is 17.2 Å². The fourth-order valence-corrected chi connectivity index (χ4v) is 1.46. The predicted octanol–water partition coefficient (Wildman–Crippen LogP) is 0.952. The van der Waals surface area contributed by atoms with Crippen molar-refractivity contribution >= 4 is 11.3 Å². The summed E-state index contributed by atoms with van der Waals surface area (Å²) in [5.41, 5.74) is 0. The molecule has 1 N–H and O–H groups in total. The van der Waals surface area contributed by atoms with Gasteiger partial charge in [-0.2, -0.15) is 0 Å². The molecule has 0 unspecified atom stereocenters. The molecule has 0 amide bonds. The van der Waals surface area contributed by atoms with Crippen LogP contribution in [0.1, 0.15) is 9.88 Å². The van der Waals surface area contributed by atoms with E-state index in [1.165, 1.54) is 11.3 Å². The van der Waals surface area contributed by atoms with Gasteiger partial charge in [0.25, 0.3) is 0 Å². The van der Waals surface area contributed by atoms with Gasteiger partial charge in [-0.1, -0.05) is 0 Å². The summed E-state index contributed by atoms with van der Waals surface area (Å²) in [6.07, 6.45) is 0. The van der Waals surface area contributed by atoms with Gasteiger partial charge in [-0.05, 0) is 6.92 Å². The van der Waals surface area contributed by atoms with E-state index in [4.69, 9.17) is 9.84 Å². The molecular formula is C6H9NO2S. The van der Waals surface area contributed by atoms with Crippen LogP contribution in [0.2, 0.25) is 0 Å². The first kappa shape index (κ1) is 7.50. The first-order valence-electron chi connectivity index (χ1n) is 2.89. The standard InChI is InChI=1S/C6H9NO2S/c1-4-6(9-2)7-5(3-8)10-4/h8H,3H2,1-2H3. The lowest BCUT2D eigenvalue weighted by molar-refractivity contribution is 0.279. The number of rotatable bonds is 2. The van der Waals surface area contributed by atoms with E-state index >= 15 is 0 Å². The third-order valence-corrected chi connectivity index (χ3v) is 2.06. The quantitative estimate of drug-likeness (QED) is 0.698. The maximum Gasteiger partial charge on any atom is 0.227 e. The highest BCUT2D eigenvalue weighted by molar-refractivity contribution is 7.11. The number of ether oxygens (including phenoxy) is 1. The first-order valence-corrected chi connectivity index (χ1v) is 3.70. The summed E-state index contributed by atoms with van der Waals surface area (Å²) in [5, 5.41) is 9.37. The number of thiazole rings is 1. The summed E-state index contributed by atoms with van der Waals surface area (Å²) in [7, 11) is 1.57. The Hall–Kier alpha value is -0.610. The average Bonchev–Trinajstić information content (AvgIpc) is 2.30. The van der Waals surface area contributed by atoms with E-state index in [2.05, 4.69) is 4.98 Å². The van der Waals surface area contributed by atoms with Crippen LogP contribution in [-0.2, 0) is 6.61 Å². The molecule has 0 saturated carbocycles. The van der Waals surface area contributed by atoms with Gasteiger partial charge in [0.05, 0.1) is 18.6 Å². The van der Waals surface area contributed by atoms with Crippen LogP contribution in [0.25, 0.3) is 0 Å².